The van der Waals surface area contributed by atoms with E-state index in [1.165, 1.54) is 36.4 Å². The van der Waals surface area contributed by atoms with Gasteiger partial charge in [0.15, 0.2) is 0 Å². The van der Waals surface area contributed by atoms with Crippen LogP contribution < -0.4 is 15.6 Å². The van der Waals surface area contributed by atoms with E-state index in [9.17, 15) is 22.4 Å². The average Bonchev–Trinajstić information content (AvgIpc) is 2.78. The molecule has 0 aromatic heterocycles. The summed E-state index contributed by atoms with van der Waals surface area (Å²) in [5.74, 6) is -2.39. The predicted molar refractivity (Wildman–Crippen MR) is 118 cm³/mol. The molecule has 0 aliphatic carbocycles. The maximum absolute atomic E-state index is 14.0. The Balaban J connectivity index is 1.77. The third kappa shape index (κ3) is 6.13. The number of sulfonamides is 1. The van der Waals surface area contributed by atoms with Crippen molar-refractivity contribution in [1.29, 1.82) is 0 Å². The second-order valence-corrected chi connectivity index (χ2v) is 8.86. The van der Waals surface area contributed by atoms with Crippen LogP contribution in [0.5, 0.6) is 0 Å². The minimum atomic E-state index is -4.36. The van der Waals surface area contributed by atoms with E-state index < -0.39 is 38.6 Å². The molecule has 3 aromatic carbocycles. The number of amides is 2. The lowest BCUT2D eigenvalue weighted by atomic mass is 10.1. The second kappa shape index (κ2) is 10.4. The highest BCUT2D eigenvalue weighted by atomic mass is 35.5. The topological polar surface area (TPSA) is 104 Å². The van der Waals surface area contributed by atoms with Crippen molar-refractivity contribution in [3.8, 4) is 0 Å². The summed E-state index contributed by atoms with van der Waals surface area (Å²) < 4.78 is 41.7. The Morgan fingerprint density at radius 2 is 1.50 bits per heavy atom. The van der Waals surface area contributed by atoms with Gasteiger partial charge in [0, 0.05) is 10.6 Å². The van der Waals surface area contributed by atoms with E-state index >= 15 is 0 Å². The molecule has 7 nitrogen and oxygen atoms in total. The first kappa shape index (κ1) is 23.4. The molecular formula is C22H19ClFN3O4S. The van der Waals surface area contributed by atoms with Gasteiger partial charge >= 0.3 is 0 Å². The highest BCUT2D eigenvalue weighted by molar-refractivity contribution is 7.89. The molecule has 0 aliphatic heterocycles. The third-order valence-electron chi connectivity index (χ3n) is 4.43. The van der Waals surface area contributed by atoms with Crippen molar-refractivity contribution in [2.75, 3.05) is 0 Å². The maximum atomic E-state index is 14.0. The van der Waals surface area contributed by atoms with Crippen molar-refractivity contribution in [2.24, 2.45) is 0 Å². The van der Waals surface area contributed by atoms with Gasteiger partial charge in [-0.15, -0.1) is 0 Å². The summed E-state index contributed by atoms with van der Waals surface area (Å²) in [6, 6.07) is 18.1. The van der Waals surface area contributed by atoms with Crippen LogP contribution in [-0.4, -0.2) is 26.3 Å². The fourth-order valence-electron chi connectivity index (χ4n) is 2.83. The molecule has 3 aromatic rings. The molecule has 0 fully saturated rings. The van der Waals surface area contributed by atoms with Crippen molar-refractivity contribution >= 4 is 33.4 Å². The largest absolute Gasteiger partial charge is 0.271 e. The van der Waals surface area contributed by atoms with Crippen LogP contribution in [0.1, 0.15) is 15.9 Å². The Kier molecular flexibility index (Phi) is 7.57. The zero-order chi connectivity index (χ0) is 23.1. The number of hydrogen-bond donors (Lipinski definition) is 3. The van der Waals surface area contributed by atoms with Gasteiger partial charge in [0.1, 0.15) is 16.8 Å². The van der Waals surface area contributed by atoms with E-state index in [0.717, 1.165) is 12.1 Å². The van der Waals surface area contributed by atoms with Crippen molar-refractivity contribution < 1.29 is 22.4 Å². The van der Waals surface area contributed by atoms with Gasteiger partial charge in [-0.05, 0) is 48.4 Å². The average molecular weight is 476 g/mol. The number of carbonyl (C=O) groups excluding carboxylic acids is 2. The van der Waals surface area contributed by atoms with Crippen molar-refractivity contribution in [1.82, 2.24) is 15.6 Å². The first-order valence-electron chi connectivity index (χ1n) is 9.43. The second-order valence-electron chi connectivity index (χ2n) is 6.74. The Morgan fingerprint density at radius 1 is 0.875 bits per heavy atom. The molecule has 3 N–H and O–H groups in total. The van der Waals surface area contributed by atoms with Crippen LogP contribution in [0.2, 0.25) is 5.02 Å². The highest BCUT2D eigenvalue weighted by Gasteiger charge is 2.28. The zero-order valence-electron chi connectivity index (χ0n) is 16.6. The van der Waals surface area contributed by atoms with E-state index in [4.69, 9.17) is 11.6 Å². The molecule has 0 bridgehead atoms. The highest BCUT2D eigenvalue weighted by Crippen LogP contribution is 2.15. The van der Waals surface area contributed by atoms with Gasteiger partial charge in [-0.1, -0.05) is 54.1 Å². The van der Waals surface area contributed by atoms with Crippen LogP contribution in [0.4, 0.5) is 4.39 Å². The Hall–Kier alpha value is -3.27. The van der Waals surface area contributed by atoms with E-state index in [0.29, 0.717) is 10.6 Å². The smallest absolute Gasteiger partial charge is 0.269 e. The van der Waals surface area contributed by atoms with E-state index in [-0.39, 0.29) is 12.0 Å². The van der Waals surface area contributed by atoms with Gasteiger partial charge in [0.2, 0.25) is 10.0 Å². The summed E-state index contributed by atoms with van der Waals surface area (Å²) in [7, 11) is -4.36. The first-order chi connectivity index (χ1) is 15.3. The molecule has 0 saturated heterocycles. The Labute approximate surface area is 189 Å². The Morgan fingerprint density at radius 3 is 2.16 bits per heavy atom. The van der Waals surface area contributed by atoms with Gasteiger partial charge in [-0.25, -0.2) is 12.8 Å². The lowest BCUT2D eigenvalue weighted by molar-refractivity contribution is -0.123. The number of benzene rings is 3. The number of rotatable bonds is 7. The van der Waals surface area contributed by atoms with Crippen molar-refractivity contribution in [3.05, 3.63) is 101 Å². The van der Waals surface area contributed by atoms with Crippen LogP contribution in [0.3, 0.4) is 0 Å². The Bertz CT molecular complexity index is 1210. The first-order valence-corrected chi connectivity index (χ1v) is 11.3. The standard InChI is InChI=1S/C22H19ClFN3O4S/c23-17-12-10-16(11-13-17)21(28)25-26-22(29)19(14-15-6-2-1-3-7-15)27-32(30,31)20-9-5-4-8-18(20)24/h1-13,19,27H,14H2,(H,25,28)(H,26,29)/t19-/m0/s1. The summed E-state index contributed by atoms with van der Waals surface area (Å²) in [6.45, 7) is 0. The molecule has 2 amide bonds. The van der Waals surface area contributed by atoms with Gasteiger partial charge in [0.05, 0.1) is 0 Å². The monoisotopic (exact) mass is 475 g/mol. The SMILES string of the molecule is O=C(NNC(=O)[C@H](Cc1ccccc1)NS(=O)(=O)c1ccccc1F)c1ccc(Cl)cc1. The van der Waals surface area contributed by atoms with Gasteiger partial charge in [0.25, 0.3) is 11.8 Å². The zero-order valence-corrected chi connectivity index (χ0v) is 18.2. The van der Waals surface area contributed by atoms with E-state index in [1.54, 1.807) is 30.3 Å². The van der Waals surface area contributed by atoms with Crippen molar-refractivity contribution in [2.45, 2.75) is 17.4 Å². The van der Waals surface area contributed by atoms with E-state index in [1.807, 2.05) is 0 Å². The number of carbonyl (C=O) groups is 2. The molecule has 0 radical (unpaired) electrons. The van der Waals surface area contributed by atoms with Crippen LogP contribution >= 0.6 is 11.6 Å². The van der Waals surface area contributed by atoms with Crippen LogP contribution in [0, 0.1) is 5.82 Å². The summed E-state index contributed by atoms with van der Waals surface area (Å²) >= 11 is 5.79. The van der Waals surface area contributed by atoms with Crippen molar-refractivity contribution in [3.63, 3.8) is 0 Å². The molecule has 0 aliphatic rings. The normalized spacial score (nSPS) is 12.1. The summed E-state index contributed by atoms with van der Waals surface area (Å²) in [5, 5.41) is 0.441. The fourth-order valence-corrected chi connectivity index (χ4v) is 4.23. The molecule has 0 spiro atoms. The summed E-state index contributed by atoms with van der Waals surface area (Å²) in [6.07, 6.45) is -0.0306. The quantitative estimate of drug-likeness (QED) is 0.457. The third-order valence-corrected chi connectivity index (χ3v) is 6.19. The number of hydrogen-bond acceptors (Lipinski definition) is 4. The molecule has 0 heterocycles. The van der Waals surface area contributed by atoms with Gasteiger partial charge in [-0.2, -0.15) is 4.72 Å². The summed E-state index contributed by atoms with van der Waals surface area (Å²) in [4.78, 5) is 24.4. The minimum absolute atomic E-state index is 0.0306. The molecular weight excluding hydrogens is 457 g/mol. The molecule has 1 atom stereocenters. The maximum Gasteiger partial charge on any atom is 0.269 e. The number of nitrogens with one attached hydrogen (secondary N) is 3. The number of halogens is 2. The van der Waals surface area contributed by atoms with Crippen LogP contribution in [-0.2, 0) is 21.2 Å². The molecule has 166 valence electrons. The number of hydrazine groups is 1. The molecule has 10 heteroatoms. The lowest BCUT2D eigenvalue weighted by Crippen LogP contribution is -2.53. The molecule has 0 saturated carbocycles. The minimum Gasteiger partial charge on any atom is -0.271 e. The summed E-state index contributed by atoms with van der Waals surface area (Å²) in [5.41, 5.74) is 5.34. The van der Waals surface area contributed by atoms with Gasteiger partial charge in [-0.3, -0.25) is 20.4 Å². The molecule has 32 heavy (non-hydrogen) atoms. The molecule has 0 unspecified atom stereocenters. The van der Waals surface area contributed by atoms with Gasteiger partial charge < -0.3 is 0 Å². The predicted octanol–water partition coefficient (Wildman–Crippen LogP) is 2.83. The lowest BCUT2D eigenvalue weighted by Gasteiger charge is -2.19. The fraction of sp³-hybridized carbons (Fsp3) is 0.0909. The van der Waals surface area contributed by atoms with Crippen LogP contribution in [0.25, 0.3) is 0 Å². The molecule has 3 rings (SSSR count). The van der Waals surface area contributed by atoms with E-state index in [2.05, 4.69) is 15.6 Å². The van der Waals surface area contributed by atoms with Crippen LogP contribution in [0.15, 0.2) is 83.8 Å².